The van der Waals surface area contributed by atoms with Crippen LogP contribution in [0.1, 0.15) is 58.8 Å². The molecule has 2 fully saturated rings. The zero-order chi connectivity index (χ0) is 14.2. The molecule has 0 amide bonds. The first-order chi connectivity index (χ1) is 9.83. The summed E-state index contributed by atoms with van der Waals surface area (Å²) in [5.74, 6) is 0.922. The van der Waals surface area contributed by atoms with Crippen molar-refractivity contribution in [3.63, 3.8) is 0 Å². The van der Waals surface area contributed by atoms with Crippen LogP contribution in [0.15, 0.2) is 0 Å². The predicted octanol–water partition coefficient (Wildman–Crippen LogP) is 3.05. The summed E-state index contributed by atoms with van der Waals surface area (Å²) in [6.07, 6.45) is 9.91. The van der Waals surface area contributed by atoms with Crippen molar-refractivity contribution >= 4 is 0 Å². The second kappa shape index (κ2) is 9.01. The second-order valence-corrected chi connectivity index (χ2v) is 6.54. The van der Waals surface area contributed by atoms with Crippen LogP contribution < -0.4 is 5.32 Å². The number of rotatable bonds is 8. The van der Waals surface area contributed by atoms with Crippen LogP contribution >= 0.6 is 0 Å². The summed E-state index contributed by atoms with van der Waals surface area (Å²) in [6.45, 7) is 10.2. The molecule has 0 aromatic carbocycles. The van der Waals surface area contributed by atoms with Crippen LogP contribution in [0, 0.1) is 5.92 Å². The van der Waals surface area contributed by atoms with Crippen LogP contribution in [0.3, 0.4) is 0 Å². The van der Waals surface area contributed by atoms with Crippen LogP contribution in [0.5, 0.6) is 0 Å². The minimum Gasteiger partial charge on any atom is -0.378 e. The van der Waals surface area contributed by atoms with Gasteiger partial charge in [0, 0.05) is 25.7 Å². The van der Waals surface area contributed by atoms with Gasteiger partial charge in [-0.25, -0.2) is 0 Å². The van der Waals surface area contributed by atoms with Crippen molar-refractivity contribution in [2.75, 3.05) is 32.8 Å². The summed E-state index contributed by atoms with van der Waals surface area (Å²) in [5, 5.41) is 3.75. The molecule has 2 unspecified atom stereocenters. The van der Waals surface area contributed by atoms with Gasteiger partial charge >= 0.3 is 0 Å². The third-order valence-electron chi connectivity index (χ3n) is 5.07. The Morgan fingerprint density at radius 1 is 1.10 bits per heavy atom. The van der Waals surface area contributed by atoms with Gasteiger partial charge in [-0.05, 0) is 64.5 Å². The van der Waals surface area contributed by atoms with Gasteiger partial charge in [-0.2, -0.15) is 0 Å². The van der Waals surface area contributed by atoms with Crippen molar-refractivity contribution in [2.45, 2.75) is 70.9 Å². The third kappa shape index (κ3) is 5.01. The molecule has 1 saturated heterocycles. The molecule has 0 aromatic heterocycles. The minimum atomic E-state index is 0.529. The first kappa shape index (κ1) is 16.3. The summed E-state index contributed by atoms with van der Waals surface area (Å²) in [5.41, 5.74) is 0. The summed E-state index contributed by atoms with van der Waals surface area (Å²) < 4.78 is 5.73. The molecule has 1 saturated carbocycles. The molecule has 3 heteroatoms. The fourth-order valence-corrected chi connectivity index (χ4v) is 3.86. The SMILES string of the molecule is CCCNC1CCCC1CCN1CCC(OCC)CC1. The largest absolute Gasteiger partial charge is 0.378 e. The van der Waals surface area contributed by atoms with Gasteiger partial charge in [0.05, 0.1) is 6.10 Å². The van der Waals surface area contributed by atoms with Crippen LogP contribution in [-0.4, -0.2) is 49.8 Å². The lowest BCUT2D eigenvalue weighted by molar-refractivity contribution is 0.0131. The Balaban J connectivity index is 1.62. The molecule has 1 heterocycles. The molecule has 1 aliphatic heterocycles. The summed E-state index contributed by atoms with van der Waals surface area (Å²) >= 11 is 0. The fourth-order valence-electron chi connectivity index (χ4n) is 3.86. The second-order valence-electron chi connectivity index (χ2n) is 6.54. The van der Waals surface area contributed by atoms with Crippen molar-refractivity contribution < 1.29 is 4.74 Å². The number of ether oxygens (including phenoxy) is 1. The summed E-state index contributed by atoms with van der Waals surface area (Å²) in [4.78, 5) is 2.66. The molecule has 0 aromatic rings. The summed E-state index contributed by atoms with van der Waals surface area (Å²) in [7, 11) is 0. The smallest absolute Gasteiger partial charge is 0.0599 e. The van der Waals surface area contributed by atoms with Gasteiger partial charge in [0.25, 0.3) is 0 Å². The highest BCUT2D eigenvalue weighted by Crippen LogP contribution is 2.29. The maximum atomic E-state index is 5.73. The van der Waals surface area contributed by atoms with E-state index in [4.69, 9.17) is 4.74 Å². The van der Waals surface area contributed by atoms with Crippen molar-refractivity contribution in [2.24, 2.45) is 5.92 Å². The number of hydrogen-bond donors (Lipinski definition) is 1. The Morgan fingerprint density at radius 2 is 1.90 bits per heavy atom. The topological polar surface area (TPSA) is 24.5 Å². The Morgan fingerprint density at radius 3 is 2.60 bits per heavy atom. The Kier molecular flexibility index (Phi) is 7.32. The van der Waals surface area contributed by atoms with Gasteiger partial charge in [-0.15, -0.1) is 0 Å². The molecule has 0 bridgehead atoms. The van der Waals surface area contributed by atoms with Gasteiger partial charge in [-0.3, -0.25) is 0 Å². The first-order valence-electron chi connectivity index (χ1n) is 8.90. The molecule has 2 rings (SSSR count). The molecular formula is C17H34N2O. The van der Waals surface area contributed by atoms with Crippen LogP contribution in [0.25, 0.3) is 0 Å². The van der Waals surface area contributed by atoms with E-state index in [1.165, 1.54) is 71.1 Å². The highest BCUT2D eigenvalue weighted by atomic mass is 16.5. The lowest BCUT2D eigenvalue weighted by Crippen LogP contribution is -2.39. The Labute approximate surface area is 125 Å². The fraction of sp³-hybridized carbons (Fsp3) is 1.00. The average molecular weight is 282 g/mol. The van der Waals surface area contributed by atoms with Gasteiger partial charge < -0.3 is 15.0 Å². The summed E-state index contributed by atoms with van der Waals surface area (Å²) in [6, 6.07) is 0.802. The zero-order valence-corrected chi connectivity index (χ0v) is 13.6. The van der Waals surface area contributed by atoms with E-state index in [0.717, 1.165) is 18.6 Å². The Bertz CT molecular complexity index is 251. The standard InChI is InChI=1S/C17H34N2O/c1-3-11-18-17-7-5-6-15(17)8-12-19-13-9-16(10-14-19)20-4-2/h15-18H,3-14H2,1-2H3. The molecule has 2 aliphatic rings. The molecule has 20 heavy (non-hydrogen) atoms. The van der Waals surface area contributed by atoms with E-state index < -0.39 is 0 Å². The number of likely N-dealkylation sites (tertiary alicyclic amines) is 1. The average Bonchev–Trinajstić information content (AvgIpc) is 2.92. The lowest BCUT2D eigenvalue weighted by Gasteiger charge is -2.33. The molecular weight excluding hydrogens is 248 g/mol. The minimum absolute atomic E-state index is 0.529. The van der Waals surface area contributed by atoms with Crippen molar-refractivity contribution in [1.82, 2.24) is 10.2 Å². The molecule has 118 valence electrons. The van der Waals surface area contributed by atoms with Crippen molar-refractivity contribution in [1.29, 1.82) is 0 Å². The highest BCUT2D eigenvalue weighted by Gasteiger charge is 2.27. The Hall–Kier alpha value is -0.120. The lowest BCUT2D eigenvalue weighted by atomic mass is 9.98. The number of nitrogens with zero attached hydrogens (tertiary/aromatic N) is 1. The van der Waals surface area contributed by atoms with E-state index >= 15 is 0 Å². The quantitative estimate of drug-likeness (QED) is 0.740. The maximum absolute atomic E-state index is 5.73. The molecule has 0 radical (unpaired) electrons. The third-order valence-corrected chi connectivity index (χ3v) is 5.07. The number of hydrogen-bond acceptors (Lipinski definition) is 3. The van der Waals surface area contributed by atoms with E-state index in [1.807, 2.05) is 0 Å². The van der Waals surface area contributed by atoms with Crippen molar-refractivity contribution in [3.8, 4) is 0 Å². The molecule has 2 atom stereocenters. The molecule has 3 nitrogen and oxygen atoms in total. The monoisotopic (exact) mass is 282 g/mol. The number of piperidine rings is 1. The van der Waals surface area contributed by atoms with Gasteiger partial charge in [0.15, 0.2) is 0 Å². The van der Waals surface area contributed by atoms with E-state index in [0.29, 0.717) is 6.10 Å². The van der Waals surface area contributed by atoms with E-state index in [1.54, 1.807) is 0 Å². The number of nitrogens with one attached hydrogen (secondary N) is 1. The molecule has 0 spiro atoms. The van der Waals surface area contributed by atoms with Crippen LogP contribution in [0.2, 0.25) is 0 Å². The van der Waals surface area contributed by atoms with Crippen LogP contribution in [0.4, 0.5) is 0 Å². The zero-order valence-electron chi connectivity index (χ0n) is 13.6. The molecule has 1 N–H and O–H groups in total. The van der Waals surface area contributed by atoms with E-state index in [-0.39, 0.29) is 0 Å². The van der Waals surface area contributed by atoms with Gasteiger partial charge in [0.2, 0.25) is 0 Å². The van der Waals surface area contributed by atoms with Crippen molar-refractivity contribution in [3.05, 3.63) is 0 Å². The molecule has 1 aliphatic carbocycles. The highest BCUT2D eigenvalue weighted by molar-refractivity contribution is 4.84. The van der Waals surface area contributed by atoms with Gasteiger partial charge in [0.1, 0.15) is 0 Å². The van der Waals surface area contributed by atoms with E-state index in [9.17, 15) is 0 Å². The van der Waals surface area contributed by atoms with Gasteiger partial charge in [-0.1, -0.05) is 13.3 Å². The predicted molar refractivity (Wildman–Crippen MR) is 85.1 cm³/mol. The van der Waals surface area contributed by atoms with E-state index in [2.05, 4.69) is 24.1 Å². The maximum Gasteiger partial charge on any atom is 0.0599 e. The first-order valence-corrected chi connectivity index (χ1v) is 8.90. The normalized spacial score (nSPS) is 29.1. The van der Waals surface area contributed by atoms with Crippen LogP contribution in [-0.2, 0) is 4.74 Å².